The van der Waals surface area contributed by atoms with Crippen molar-refractivity contribution in [1.82, 2.24) is 9.88 Å². The van der Waals surface area contributed by atoms with Crippen LogP contribution in [0, 0.1) is 17.2 Å². The number of phenols is 1. The Morgan fingerprint density at radius 1 is 1.43 bits per heavy atom. The zero-order valence-electron chi connectivity index (χ0n) is 12.2. The van der Waals surface area contributed by atoms with Gasteiger partial charge in [0.25, 0.3) is 0 Å². The summed E-state index contributed by atoms with van der Waals surface area (Å²) >= 11 is 0. The third kappa shape index (κ3) is 2.70. The SMILES string of the molecule is CC1CCN(Cc2cc(C#N)c3cccnc3c2O)CC1. The standard InChI is InChI=1S/C17H19N3O/c1-12-4-7-20(8-5-12)11-14-9-13(10-18)15-3-2-6-19-16(15)17(14)21/h2-3,6,9,12,21H,4-5,7-8,11H2,1H3. The summed E-state index contributed by atoms with van der Waals surface area (Å²) in [5.41, 5.74) is 1.90. The van der Waals surface area contributed by atoms with Crippen LogP contribution in [0.15, 0.2) is 24.4 Å². The van der Waals surface area contributed by atoms with Gasteiger partial charge in [0, 0.05) is 23.7 Å². The van der Waals surface area contributed by atoms with E-state index in [1.807, 2.05) is 6.07 Å². The number of nitriles is 1. The first-order chi connectivity index (χ1) is 10.2. The van der Waals surface area contributed by atoms with Gasteiger partial charge in [-0.25, -0.2) is 0 Å². The average Bonchev–Trinajstić information content (AvgIpc) is 2.52. The number of phenolic OH excluding ortho intramolecular Hbond substituents is 1. The number of aromatic nitrogens is 1. The van der Waals surface area contributed by atoms with Gasteiger partial charge in [0.1, 0.15) is 11.3 Å². The van der Waals surface area contributed by atoms with E-state index >= 15 is 0 Å². The Bertz CT molecular complexity index is 697. The van der Waals surface area contributed by atoms with Gasteiger partial charge in [-0.1, -0.05) is 6.92 Å². The molecule has 1 aromatic carbocycles. The Morgan fingerprint density at radius 2 is 2.19 bits per heavy atom. The molecule has 1 N–H and O–H groups in total. The monoisotopic (exact) mass is 281 g/mol. The van der Waals surface area contributed by atoms with Crippen LogP contribution in [0.1, 0.15) is 30.9 Å². The first-order valence-electron chi connectivity index (χ1n) is 7.41. The van der Waals surface area contributed by atoms with E-state index in [1.165, 1.54) is 12.8 Å². The zero-order valence-corrected chi connectivity index (χ0v) is 12.2. The second-order valence-corrected chi connectivity index (χ2v) is 5.90. The molecule has 0 spiro atoms. The zero-order chi connectivity index (χ0) is 14.8. The fraction of sp³-hybridized carbons (Fsp3) is 0.412. The van der Waals surface area contributed by atoms with Crippen LogP contribution in [0.25, 0.3) is 10.9 Å². The van der Waals surface area contributed by atoms with E-state index < -0.39 is 0 Å². The molecule has 0 amide bonds. The van der Waals surface area contributed by atoms with E-state index in [-0.39, 0.29) is 5.75 Å². The van der Waals surface area contributed by atoms with Crippen molar-refractivity contribution in [2.24, 2.45) is 5.92 Å². The highest BCUT2D eigenvalue weighted by molar-refractivity contribution is 5.90. The lowest BCUT2D eigenvalue weighted by molar-refractivity contribution is 0.184. The Morgan fingerprint density at radius 3 is 2.90 bits per heavy atom. The molecule has 2 heterocycles. The molecular formula is C17H19N3O. The molecule has 0 aliphatic carbocycles. The molecule has 0 unspecified atom stereocenters. The van der Waals surface area contributed by atoms with Crippen molar-refractivity contribution in [3.8, 4) is 11.8 Å². The maximum atomic E-state index is 10.5. The van der Waals surface area contributed by atoms with Gasteiger partial charge in [-0.3, -0.25) is 9.88 Å². The minimum absolute atomic E-state index is 0.211. The van der Waals surface area contributed by atoms with Crippen LogP contribution in [0.4, 0.5) is 0 Å². The average molecular weight is 281 g/mol. The number of likely N-dealkylation sites (tertiary alicyclic amines) is 1. The molecule has 21 heavy (non-hydrogen) atoms. The molecule has 1 aliphatic heterocycles. The van der Waals surface area contributed by atoms with Crippen LogP contribution in [0.2, 0.25) is 0 Å². The van der Waals surface area contributed by atoms with E-state index in [2.05, 4.69) is 22.9 Å². The number of aromatic hydroxyl groups is 1. The maximum Gasteiger partial charge on any atom is 0.146 e. The van der Waals surface area contributed by atoms with E-state index in [0.29, 0.717) is 23.0 Å². The van der Waals surface area contributed by atoms with E-state index in [1.54, 1.807) is 18.3 Å². The summed E-state index contributed by atoms with van der Waals surface area (Å²) in [5.74, 6) is 0.992. The minimum atomic E-state index is 0.211. The second kappa shape index (κ2) is 5.71. The van der Waals surface area contributed by atoms with Crippen LogP contribution >= 0.6 is 0 Å². The molecule has 0 saturated carbocycles. The van der Waals surface area contributed by atoms with Gasteiger partial charge in [-0.05, 0) is 50.0 Å². The summed E-state index contributed by atoms with van der Waals surface area (Å²) in [4.78, 5) is 6.57. The Kier molecular flexibility index (Phi) is 3.76. The number of hydrogen-bond donors (Lipinski definition) is 1. The third-order valence-electron chi connectivity index (χ3n) is 4.34. The highest BCUT2D eigenvalue weighted by Crippen LogP contribution is 2.31. The van der Waals surface area contributed by atoms with Gasteiger partial charge in [-0.15, -0.1) is 0 Å². The summed E-state index contributed by atoms with van der Waals surface area (Å²) in [7, 11) is 0. The van der Waals surface area contributed by atoms with Crippen LogP contribution < -0.4 is 0 Å². The van der Waals surface area contributed by atoms with E-state index in [0.717, 1.165) is 24.6 Å². The van der Waals surface area contributed by atoms with Crippen LogP contribution in [-0.2, 0) is 6.54 Å². The number of rotatable bonds is 2. The first kappa shape index (κ1) is 13.8. The highest BCUT2D eigenvalue weighted by atomic mass is 16.3. The van der Waals surface area contributed by atoms with E-state index in [4.69, 9.17) is 0 Å². The smallest absolute Gasteiger partial charge is 0.146 e. The summed E-state index contributed by atoms with van der Waals surface area (Å²) in [6.45, 7) is 5.05. The molecule has 0 atom stereocenters. The quantitative estimate of drug-likeness (QED) is 0.919. The molecule has 0 bridgehead atoms. The van der Waals surface area contributed by atoms with Crippen molar-refractivity contribution in [1.29, 1.82) is 5.26 Å². The van der Waals surface area contributed by atoms with E-state index in [9.17, 15) is 10.4 Å². The normalized spacial score (nSPS) is 17.0. The highest BCUT2D eigenvalue weighted by Gasteiger charge is 2.19. The predicted octanol–water partition coefficient (Wildman–Crippen LogP) is 3.04. The van der Waals surface area contributed by atoms with Crippen molar-refractivity contribution in [2.45, 2.75) is 26.3 Å². The van der Waals surface area contributed by atoms with Gasteiger partial charge in [0.15, 0.2) is 0 Å². The maximum absolute atomic E-state index is 10.5. The minimum Gasteiger partial charge on any atom is -0.505 e. The van der Waals surface area contributed by atoms with Crippen molar-refractivity contribution in [3.05, 3.63) is 35.5 Å². The van der Waals surface area contributed by atoms with Crippen molar-refractivity contribution < 1.29 is 5.11 Å². The number of pyridine rings is 1. The largest absolute Gasteiger partial charge is 0.505 e. The molecule has 4 heteroatoms. The van der Waals surface area contributed by atoms with Crippen molar-refractivity contribution in [2.75, 3.05) is 13.1 Å². The molecule has 1 fully saturated rings. The van der Waals surface area contributed by atoms with Crippen LogP contribution in [-0.4, -0.2) is 28.1 Å². The van der Waals surface area contributed by atoms with Gasteiger partial charge >= 0.3 is 0 Å². The van der Waals surface area contributed by atoms with Crippen LogP contribution in [0.5, 0.6) is 5.75 Å². The fourth-order valence-electron chi connectivity index (χ4n) is 2.96. The van der Waals surface area contributed by atoms with Crippen molar-refractivity contribution in [3.63, 3.8) is 0 Å². The van der Waals surface area contributed by atoms with Crippen LogP contribution in [0.3, 0.4) is 0 Å². The first-order valence-corrected chi connectivity index (χ1v) is 7.41. The molecule has 1 aliphatic rings. The van der Waals surface area contributed by atoms with Crippen molar-refractivity contribution >= 4 is 10.9 Å². The third-order valence-corrected chi connectivity index (χ3v) is 4.34. The topological polar surface area (TPSA) is 60.2 Å². The predicted molar refractivity (Wildman–Crippen MR) is 81.8 cm³/mol. The lowest BCUT2D eigenvalue weighted by atomic mass is 9.98. The second-order valence-electron chi connectivity index (χ2n) is 5.90. The Hall–Kier alpha value is -2.12. The molecule has 108 valence electrons. The summed E-state index contributed by atoms with van der Waals surface area (Å²) in [6.07, 6.45) is 4.03. The fourth-order valence-corrected chi connectivity index (χ4v) is 2.96. The van der Waals surface area contributed by atoms with Gasteiger partial charge < -0.3 is 5.11 Å². The number of fused-ring (bicyclic) bond motifs is 1. The molecule has 4 nitrogen and oxygen atoms in total. The summed E-state index contributed by atoms with van der Waals surface area (Å²) < 4.78 is 0. The summed E-state index contributed by atoms with van der Waals surface area (Å²) in [6, 6.07) is 7.63. The van der Waals surface area contributed by atoms with Gasteiger partial charge in [0.05, 0.1) is 11.6 Å². The molecule has 0 radical (unpaired) electrons. The lowest BCUT2D eigenvalue weighted by Gasteiger charge is -2.30. The van der Waals surface area contributed by atoms with Gasteiger partial charge in [-0.2, -0.15) is 5.26 Å². The number of benzene rings is 1. The molecule has 2 aromatic rings. The Balaban J connectivity index is 1.95. The molecular weight excluding hydrogens is 262 g/mol. The lowest BCUT2D eigenvalue weighted by Crippen LogP contribution is -2.32. The summed E-state index contributed by atoms with van der Waals surface area (Å²) in [5, 5.41) is 20.5. The number of nitrogens with zero attached hydrogens (tertiary/aromatic N) is 3. The molecule has 1 saturated heterocycles. The van der Waals surface area contributed by atoms with Gasteiger partial charge in [0.2, 0.25) is 0 Å². The molecule has 3 rings (SSSR count). The Labute approximate surface area is 124 Å². The number of hydrogen-bond acceptors (Lipinski definition) is 4. The number of piperidine rings is 1. The molecule has 1 aromatic heterocycles.